The minimum atomic E-state index is -0.711. The van der Waals surface area contributed by atoms with Crippen LogP contribution in [0.3, 0.4) is 0 Å². The van der Waals surface area contributed by atoms with Crippen LogP contribution in [-0.2, 0) is 14.3 Å². The number of ether oxygens (including phenoxy) is 1. The second-order valence-corrected chi connectivity index (χ2v) is 5.45. The summed E-state index contributed by atoms with van der Waals surface area (Å²) in [6, 6.07) is 0. The van der Waals surface area contributed by atoms with E-state index in [9.17, 15) is 14.7 Å². The van der Waals surface area contributed by atoms with Crippen molar-refractivity contribution >= 4 is 11.8 Å². The number of aliphatic hydroxyl groups excluding tert-OH is 2. The largest absolute Gasteiger partial charge is 0.460 e. The number of ketones is 1. The van der Waals surface area contributed by atoms with Crippen molar-refractivity contribution < 1.29 is 24.5 Å². The minimum absolute atomic E-state index is 0.0624. The lowest BCUT2D eigenvalue weighted by Crippen LogP contribution is -2.24. The Hall–Kier alpha value is -0.940. The smallest absolute Gasteiger partial charge is 0.312 e. The summed E-state index contributed by atoms with van der Waals surface area (Å²) in [5.74, 6) is -0.677. The number of cyclic esters (lactones) is 1. The highest BCUT2D eigenvalue weighted by molar-refractivity contribution is 5.77. The molecule has 5 nitrogen and oxygen atoms in total. The van der Waals surface area contributed by atoms with Gasteiger partial charge in [0.05, 0.1) is 18.6 Å². The van der Waals surface area contributed by atoms with E-state index >= 15 is 0 Å². The topological polar surface area (TPSA) is 83.8 Å². The molecule has 1 fully saturated rings. The van der Waals surface area contributed by atoms with Crippen LogP contribution in [0.2, 0.25) is 0 Å². The maximum atomic E-state index is 11.5. The highest BCUT2D eigenvalue weighted by Crippen LogP contribution is 2.26. The molecule has 0 saturated carbocycles. The molecule has 110 valence electrons. The Morgan fingerprint density at radius 2 is 2.05 bits per heavy atom. The molecule has 1 rings (SSSR count). The fourth-order valence-corrected chi connectivity index (χ4v) is 2.31. The first kappa shape index (κ1) is 16.1. The van der Waals surface area contributed by atoms with Crippen molar-refractivity contribution in [3.63, 3.8) is 0 Å². The molecule has 1 aliphatic heterocycles. The van der Waals surface area contributed by atoms with E-state index in [-0.39, 0.29) is 18.3 Å². The molecule has 1 aliphatic rings. The molecule has 4 atom stereocenters. The molecule has 3 unspecified atom stereocenters. The Bertz CT molecular complexity index is 315. The van der Waals surface area contributed by atoms with E-state index in [4.69, 9.17) is 9.84 Å². The number of Topliss-reactive ketones (excluding diaryl/α,β-unsaturated/α-hetero) is 1. The molecule has 19 heavy (non-hydrogen) atoms. The number of carbonyl (C=O) groups excluding carboxylic acids is 2. The Labute approximate surface area is 114 Å². The summed E-state index contributed by atoms with van der Waals surface area (Å²) in [6.07, 6.45) is 2.20. The molecule has 5 heteroatoms. The number of esters is 1. The van der Waals surface area contributed by atoms with E-state index in [1.807, 2.05) is 6.92 Å². The lowest BCUT2D eigenvalue weighted by atomic mass is 9.93. The van der Waals surface area contributed by atoms with Crippen molar-refractivity contribution in [2.24, 2.45) is 11.8 Å². The predicted octanol–water partition coefficient (Wildman–Crippen LogP) is 1.06. The van der Waals surface area contributed by atoms with Crippen LogP contribution >= 0.6 is 0 Å². The number of hydrogen-bond donors (Lipinski definition) is 2. The number of carbonyl (C=O) groups is 2. The molecule has 0 bridgehead atoms. The average molecular weight is 272 g/mol. The van der Waals surface area contributed by atoms with E-state index in [0.717, 1.165) is 19.3 Å². The van der Waals surface area contributed by atoms with Crippen molar-refractivity contribution in [3.8, 4) is 0 Å². The monoisotopic (exact) mass is 272 g/mol. The summed E-state index contributed by atoms with van der Waals surface area (Å²) in [4.78, 5) is 22.5. The van der Waals surface area contributed by atoms with Gasteiger partial charge in [-0.25, -0.2) is 0 Å². The van der Waals surface area contributed by atoms with Crippen LogP contribution in [0, 0.1) is 11.8 Å². The first-order chi connectivity index (χ1) is 8.95. The second-order valence-electron chi connectivity index (χ2n) is 5.45. The molecule has 0 aromatic carbocycles. The number of rotatable bonds is 8. The molecule has 0 spiro atoms. The van der Waals surface area contributed by atoms with Gasteiger partial charge in [0.15, 0.2) is 0 Å². The Kier molecular flexibility index (Phi) is 6.45. The Balaban J connectivity index is 2.23. The predicted molar refractivity (Wildman–Crippen MR) is 69.4 cm³/mol. The van der Waals surface area contributed by atoms with Gasteiger partial charge in [-0.3, -0.25) is 9.59 Å². The lowest BCUT2D eigenvalue weighted by Gasteiger charge is -2.15. The van der Waals surface area contributed by atoms with Gasteiger partial charge in [-0.05, 0) is 19.8 Å². The average Bonchev–Trinajstić information content (AvgIpc) is 2.75. The zero-order valence-corrected chi connectivity index (χ0v) is 11.7. The van der Waals surface area contributed by atoms with E-state index in [0.29, 0.717) is 12.8 Å². The van der Waals surface area contributed by atoms with Crippen LogP contribution in [0.15, 0.2) is 0 Å². The van der Waals surface area contributed by atoms with Gasteiger partial charge in [-0.15, -0.1) is 0 Å². The van der Waals surface area contributed by atoms with Crippen molar-refractivity contribution in [1.29, 1.82) is 0 Å². The lowest BCUT2D eigenvalue weighted by molar-refractivity contribution is -0.147. The van der Waals surface area contributed by atoms with Crippen molar-refractivity contribution in [1.82, 2.24) is 0 Å². The van der Waals surface area contributed by atoms with E-state index < -0.39 is 24.1 Å². The third kappa shape index (κ3) is 4.91. The van der Waals surface area contributed by atoms with Crippen LogP contribution in [0.4, 0.5) is 0 Å². The van der Waals surface area contributed by atoms with Gasteiger partial charge in [-0.2, -0.15) is 0 Å². The van der Waals surface area contributed by atoms with Gasteiger partial charge in [0.1, 0.15) is 11.9 Å². The van der Waals surface area contributed by atoms with Crippen molar-refractivity contribution in [2.45, 2.75) is 58.2 Å². The standard InChI is InChI=1S/C14H24O5/c1-9(10(2)16)5-3-4-6-13(17)12-7-11(8-15)19-14(12)18/h9,11-13,15,17H,3-8H2,1-2H3/t9?,11?,12-,13?/m1/s1. The maximum absolute atomic E-state index is 11.5. The highest BCUT2D eigenvalue weighted by atomic mass is 16.6. The van der Waals surface area contributed by atoms with Gasteiger partial charge in [0, 0.05) is 12.3 Å². The van der Waals surface area contributed by atoms with Crippen LogP contribution < -0.4 is 0 Å². The molecule has 1 heterocycles. The number of aliphatic hydroxyl groups is 2. The fourth-order valence-electron chi connectivity index (χ4n) is 2.31. The summed E-state index contributed by atoms with van der Waals surface area (Å²) >= 11 is 0. The van der Waals surface area contributed by atoms with Gasteiger partial charge in [-0.1, -0.05) is 19.8 Å². The van der Waals surface area contributed by atoms with Gasteiger partial charge < -0.3 is 14.9 Å². The first-order valence-corrected chi connectivity index (χ1v) is 6.95. The molecule has 0 aromatic rings. The maximum Gasteiger partial charge on any atom is 0.312 e. The molecule has 0 amide bonds. The van der Waals surface area contributed by atoms with Gasteiger partial charge in [0.25, 0.3) is 0 Å². The van der Waals surface area contributed by atoms with E-state index in [1.165, 1.54) is 0 Å². The molecular formula is C14H24O5. The minimum Gasteiger partial charge on any atom is -0.460 e. The van der Waals surface area contributed by atoms with Crippen LogP contribution in [-0.4, -0.2) is 40.8 Å². The van der Waals surface area contributed by atoms with E-state index in [2.05, 4.69) is 0 Å². The van der Waals surface area contributed by atoms with Crippen molar-refractivity contribution in [2.75, 3.05) is 6.61 Å². The number of unbranched alkanes of at least 4 members (excludes halogenated alkanes) is 1. The van der Waals surface area contributed by atoms with Crippen molar-refractivity contribution in [3.05, 3.63) is 0 Å². The molecule has 1 saturated heterocycles. The van der Waals surface area contributed by atoms with Crippen LogP contribution in [0.1, 0.15) is 46.0 Å². The highest BCUT2D eigenvalue weighted by Gasteiger charge is 2.38. The third-order valence-electron chi connectivity index (χ3n) is 3.85. The Morgan fingerprint density at radius 1 is 1.42 bits per heavy atom. The first-order valence-electron chi connectivity index (χ1n) is 6.95. The summed E-state index contributed by atoms with van der Waals surface area (Å²) < 4.78 is 4.93. The molecular weight excluding hydrogens is 248 g/mol. The van der Waals surface area contributed by atoms with Crippen LogP contribution in [0.5, 0.6) is 0 Å². The summed E-state index contributed by atoms with van der Waals surface area (Å²) in [5, 5.41) is 18.9. The van der Waals surface area contributed by atoms with Crippen LogP contribution in [0.25, 0.3) is 0 Å². The zero-order chi connectivity index (χ0) is 14.4. The van der Waals surface area contributed by atoms with E-state index in [1.54, 1.807) is 6.92 Å². The van der Waals surface area contributed by atoms with Gasteiger partial charge >= 0.3 is 5.97 Å². The third-order valence-corrected chi connectivity index (χ3v) is 3.85. The van der Waals surface area contributed by atoms with Gasteiger partial charge in [0.2, 0.25) is 0 Å². The quantitative estimate of drug-likeness (QED) is 0.510. The summed E-state index contributed by atoms with van der Waals surface area (Å²) in [7, 11) is 0. The summed E-state index contributed by atoms with van der Waals surface area (Å²) in [6.45, 7) is 3.30. The molecule has 0 aromatic heterocycles. The fraction of sp³-hybridized carbons (Fsp3) is 0.857. The Morgan fingerprint density at radius 3 is 2.58 bits per heavy atom. The normalized spacial score (nSPS) is 26.0. The molecule has 0 aliphatic carbocycles. The second kappa shape index (κ2) is 7.60. The zero-order valence-electron chi connectivity index (χ0n) is 11.7. The molecule has 0 radical (unpaired) electrons. The molecule has 2 N–H and O–H groups in total. The summed E-state index contributed by atoms with van der Waals surface area (Å²) in [5.41, 5.74) is 0. The SMILES string of the molecule is CC(=O)C(C)CCCCC(O)[C@H]1CC(CO)OC1=O. The number of hydrogen-bond acceptors (Lipinski definition) is 5.